The third-order valence-corrected chi connectivity index (χ3v) is 3.98. The summed E-state index contributed by atoms with van der Waals surface area (Å²) >= 11 is 2.00. The molecule has 11 heavy (non-hydrogen) atoms. The summed E-state index contributed by atoms with van der Waals surface area (Å²) in [5, 5.41) is 0.829. The fraction of sp³-hybridized carbons (Fsp3) is 1.00. The van der Waals surface area contributed by atoms with Crippen molar-refractivity contribution in [1.82, 2.24) is 0 Å². The molecule has 2 atom stereocenters. The molecule has 0 bridgehead atoms. The topological polar surface area (TPSA) is 0 Å². The van der Waals surface area contributed by atoms with Crippen molar-refractivity contribution in [2.75, 3.05) is 6.26 Å². The summed E-state index contributed by atoms with van der Waals surface area (Å²) < 4.78 is 0. The zero-order chi connectivity index (χ0) is 9.07. The van der Waals surface area contributed by atoms with Crippen LogP contribution in [0.4, 0.5) is 0 Å². The Bertz CT molecular complexity index is 97.9. The first-order valence-electron chi connectivity index (χ1n) is 4.46. The van der Waals surface area contributed by atoms with E-state index in [9.17, 15) is 0 Å². The Morgan fingerprint density at radius 1 is 1.27 bits per heavy atom. The van der Waals surface area contributed by atoms with Gasteiger partial charge in [0.05, 0.1) is 0 Å². The molecule has 0 nitrogen and oxygen atoms in total. The van der Waals surface area contributed by atoms with Gasteiger partial charge < -0.3 is 0 Å². The van der Waals surface area contributed by atoms with E-state index in [-0.39, 0.29) is 0 Å². The molecule has 0 saturated carbocycles. The Balaban J connectivity index is 4.09. The van der Waals surface area contributed by atoms with Gasteiger partial charge in [-0.05, 0) is 24.0 Å². The van der Waals surface area contributed by atoms with Crippen molar-refractivity contribution in [3.63, 3.8) is 0 Å². The zero-order valence-electron chi connectivity index (χ0n) is 8.77. The molecule has 0 aliphatic heterocycles. The minimum atomic E-state index is 0.462. The standard InChI is InChI=1S/C10H22S/c1-7-9(11-6)8(2)10(3,4)5/h8-9H,7H2,1-6H3. The number of thioether (sulfide) groups is 1. The third kappa shape index (κ3) is 3.50. The van der Waals surface area contributed by atoms with E-state index in [0.29, 0.717) is 5.41 Å². The van der Waals surface area contributed by atoms with Crippen LogP contribution in [0.5, 0.6) is 0 Å². The Hall–Kier alpha value is 0.350. The average molecular weight is 174 g/mol. The highest BCUT2D eigenvalue weighted by molar-refractivity contribution is 7.99. The molecular formula is C10H22S. The molecule has 0 aliphatic rings. The highest BCUT2D eigenvalue weighted by Crippen LogP contribution is 2.34. The Kier molecular flexibility index (Phi) is 4.53. The monoisotopic (exact) mass is 174 g/mol. The van der Waals surface area contributed by atoms with Gasteiger partial charge in [-0.1, -0.05) is 34.6 Å². The molecule has 0 spiro atoms. The van der Waals surface area contributed by atoms with E-state index in [1.807, 2.05) is 11.8 Å². The van der Waals surface area contributed by atoms with Crippen LogP contribution in [0.1, 0.15) is 41.0 Å². The summed E-state index contributed by atoms with van der Waals surface area (Å²) in [5.74, 6) is 0.808. The van der Waals surface area contributed by atoms with E-state index >= 15 is 0 Å². The van der Waals surface area contributed by atoms with Gasteiger partial charge in [0, 0.05) is 5.25 Å². The minimum absolute atomic E-state index is 0.462. The molecule has 0 N–H and O–H groups in total. The summed E-state index contributed by atoms with van der Waals surface area (Å²) in [6.07, 6.45) is 3.51. The fourth-order valence-corrected chi connectivity index (χ4v) is 2.43. The van der Waals surface area contributed by atoms with Gasteiger partial charge in [0.1, 0.15) is 0 Å². The normalized spacial score (nSPS) is 18.0. The molecule has 0 radical (unpaired) electrons. The van der Waals surface area contributed by atoms with Crippen molar-refractivity contribution in [3.8, 4) is 0 Å². The second-order valence-corrected chi connectivity index (χ2v) is 5.41. The van der Waals surface area contributed by atoms with Crippen LogP contribution < -0.4 is 0 Å². The van der Waals surface area contributed by atoms with Gasteiger partial charge >= 0.3 is 0 Å². The van der Waals surface area contributed by atoms with E-state index in [0.717, 1.165) is 11.2 Å². The molecule has 1 heteroatoms. The summed E-state index contributed by atoms with van der Waals surface area (Å²) in [6, 6.07) is 0. The zero-order valence-corrected chi connectivity index (χ0v) is 9.59. The molecule has 0 rings (SSSR count). The molecule has 0 fully saturated rings. The summed E-state index contributed by atoms with van der Waals surface area (Å²) in [4.78, 5) is 0. The maximum Gasteiger partial charge on any atom is 0.00722 e. The molecule has 0 aromatic carbocycles. The van der Waals surface area contributed by atoms with Crippen LogP contribution in [-0.2, 0) is 0 Å². The second-order valence-electron chi connectivity index (χ2n) is 4.34. The van der Waals surface area contributed by atoms with Crippen molar-refractivity contribution >= 4 is 11.8 Å². The van der Waals surface area contributed by atoms with Crippen molar-refractivity contribution < 1.29 is 0 Å². The van der Waals surface area contributed by atoms with E-state index in [4.69, 9.17) is 0 Å². The summed E-state index contributed by atoms with van der Waals surface area (Å²) in [7, 11) is 0. The second kappa shape index (κ2) is 4.39. The lowest BCUT2D eigenvalue weighted by molar-refractivity contribution is 0.252. The first kappa shape index (κ1) is 11.4. The van der Waals surface area contributed by atoms with Crippen LogP contribution in [0.25, 0.3) is 0 Å². The summed E-state index contributed by atoms with van der Waals surface area (Å²) in [5.41, 5.74) is 0.462. The van der Waals surface area contributed by atoms with Crippen LogP contribution in [0.15, 0.2) is 0 Å². The highest BCUT2D eigenvalue weighted by Gasteiger charge is 2.26. The lowest BCUT2D eigenvalue weighted by Crippen LogP contribution is -2.26. The largest absolute Gasteiger partial charge is 0.162 e. The van der Waals surface area contributed by atoms with E-state index in [2.05, 4.69) is 40.9 Å². The van der Waals surface area contributed by atoms with Gasteiger partial charge in [-0.25, -0.2) is 0 Å². The highest BCUT2D eigenvalue weighted by atomic mass is 32.2. The van der Waals surface area contributed by atoms with Crippen LogP contribution in [0.3, 0.4) is 0 Å². The van der Waals surface area contributed by atoms with Crippen molar-refractivity contribution in [2.24, 2.45) is 11.3 Å². The molecule has 0 saturated heterocycles. The molecule has 68 valence electrons. The Morgan fingerprint density at radius 2 is 1.73 bits per heavy atom. The lowest BCUT2D eigenvalue weighted by atomic mass is 9.79. The van der Waals surface area contributed by atoms with Gasteiger partial charge in [-0.3, -0.25) is 0 Å². The average Bonchev–Trinajstić information content (AvgIpc) is 1.88. The van der Waals surface area contributed by atoms with E-state index < -0.39 is 0 Å². The van der Waals surface area contributed by atoms with Gasteiger partial charge in [0.25, 0.3) is 0 Å². The number of hydrogen-bond acceptors (Lipinski definition) is 1. The van der Waals surface area contributed by atoms with Crippen molar-refractivity contribution in [1.29, 1.82) is 0 Å². The van der Waals surface area contributed by atoms with Crippen LogP contribution in [0.2, 0.25) is 0 Å². The number of rotatable bonds is 3. The Labute approximate surface area is 76.1 Å². The number of hydrogen-bond donors (Lipinski definition) is 0. The van der Waals surface area contributed by atoms with Crippen LogP contribution in [-0.4, -0.2) is 11.5 Å². The lowest BCUT2D eigenvalue weighted by Gasteiger charge is -2.33. The minimum Gasteiger partial charge on any atom is -0.162 e. The van der Waals surface area contributed by atoms with Crippen LogP contribution in [0, 0.1) is 11.3 Å². The molecule has 0 heterocycles. The SMILES string of the molecule is CCC(SC)C(C)C(C)(C)C. The maximum absolute atomic E-state index is 2.37. The molecule has 0 aliphatic carbocycles. The summed E-state index contributed by atoms with van der Waals surface area (Å²) in [6.45, 7) is 11.6. The predicted molar refractivity (Wildman–Crippen MR) is 56.2 cm³/mol. The van der Waals surface area contributed by atoms with Crippen LogP contribution >= 0.6 is 11.8 Å². The molecule has 0 amide bonds. The van der Waals surface area contributed by atoms with Gasteiger partial charge in [-0.2, -0.15) is 11.8 Å². The van der Waals surface area contributed by atoms with Gasteiger partial charge in [0.15, 0.2) is 0 Å². The smallest absolute Gasteiger partial charge is 0.00722 e. The third-order valence-electron chi connectivity index (χ3n) is 2.63. The van der Waals surface area contributed by atoms with Gasteiger partial charge in [-0.15, -0.1) is 0 Å². The quantitative estimate of drug-likeness (QED) is 0.627. The fourth-order valence-electron chi connectivity index (χ4n) is 1.28. The van der Waals surface area contributed by atoms with Gasteiger partial charge in [0.2, 0.25) is 0 Å². The molecular weight excluding hydrogens is 152 g/mol. The first-order chi connectivity index (χ1) is 4.93. The van der Waals surface area contributed by atoms with Crippen molar-refractivity contribution in [2.45, 2.75) is 46.3 Å². The molecule has 0 aromatic heterocycles. The maximum atomic E-state index is 2.37. The van der Waals surface area contributed by atoms with E-state index in [1.54, 1.807) is 0 Å². The predicted octanol–water partition coefficient (Wildman–Crippen LogP) is 3.81. The molecule has 0 aromatic rings. The Morgan fingerprint density at radius 3 is 1.82 bits per heavy atom. The van der Waals surface area contributed by atoms with E-state index in [1.165, 1.54) is 6.42 Å². The van der Waals surface area contributed by atoms with Crippen molar-refractivity contribution in [3.05, 3.63) is 0 Å². The molecule has 2 unspecified atom stereocenters. The first-order valence-corrected chi connectivity index (χ1v) is 5.75.